The van der Waals surface area contributed by atoms with Gasteiger partial charge >= 0.3 is 5.97 Å². The first-order valence-corrected chi connectivity index (χ1v) is 7.17. The molecular formula is C11H14ClN3O3S. The molecule has 19 heavy (non-hydrogen) atoms. The van der Waals surface area contributed by atoms with Gasteiger partial charge in [0.25, 0.3) is 5.91 Å². The van der Waals surface area contributed by atoms with Crippen LogP contribution in [0.15, 0.2) is 11.4 Å². The number of halogens is 1. The molecule has 0 spiro atoms. The highest BCUT2D eigenvalue weighted by molar-refractivity contribution is 7.98. The molecule has 104 valence electrons. The molecule has 0 aliphatic carbocycles. The van der Waals surface area contributed by atoms with Crippen LogP contribution in [-0.4, -0.2) is 39.2 Å². The number of carbonyl (C=O) groups is 2. The molecule has 1 amide bonds. The van der Waals surface area contributed by atoms with Crippen LogP contribution in [-0.2, 0) is 4.79 Å². The Morgan fingerprint density at radius 2 is 2.26 bits per heavy atom. The molecule has 1 atom stereocenters. The quantitative estimate of drug-likeness (QED) is 0.615. The largest absolute Gasteiger partial charge is 0.481 e. The van der Waals surface area contributed by atoms with Gasteiger partial charge in [0, 0.05) is 6.04 Å². The Labute approximate surface area is 120 Å². The molecule has 0 bridgehead atoms. The minimum Gasteiger partial charge on any atom is -0.481 e. The van der Waals surface area contributed by atoms with Gasteiger partial charge in [-0.05, 0) is 12.7 Å². The van der Waals surface area contributed by atoms with E-state index < -0.39 is 17.9 Å². The highest BCUT2D eigenvalue weighted by Gasteiger charge is 2.19. The van der Waals surface area contributed by atoms with Gasteiger partial charge in [0.1, 0.15) is 0 Å². The molecular weight excluding hydrogens is 290 g/mol. The van der Waals surface area contributed by atoms with Crippen molar-refractivity contribution in [3.05, 3.63) is 16.9 Å². The van der Waals surface area contributed by atoms with E-state index in [1.807, 2.05) is 0 Å². The van der Waals surface area contributed by atoms with Crippen molar-refractivity contribution in [3.8, 4) is 0 Å². The van der Waals surface area contributed by atoms with Crippen molar-refractivity contribution >= 4 is 35.2 Å². The zero-order valence-corrected chi connectivity index (χ0v) is 12.1. The van der Waals surface area contributed by atoms with Gasteiger partial charge in [-0.1, -0.05) is 30.3 Å². The SMILES string of the molecule is CCC(CC(=O)O)NC(=O)c1nc(SC)ncc1Cl. The van der Waals surface area contributed by atoms with Crippen molar-refractivity contribution in [3.63, 3.8) is 0 Å². The van der Waals surface area contributed by atoms with E-state index in [4.69, 9.17) is 16.7 Å². The lowest BCUT2D eigenvalue weighted by atomic mass is 10.1. The maximum atomic E-state index is 12.0. The number of carboxylic acids is 1. The monoisotopic (exact) mass is 303 g/mol. The second-order valence-corrected chi connectivity index (χ2v) is 4.91. The minimum absolute atomic E-state index is 0.0601. The second-order valence-electron chi connectivity index (χ2n) is 3.73. The summed E-state index contributed by atoms with van der Waals surface area (Å²) in [7, 11) is 0. The van der Waals surface area contributed by atoms with E-state index in [1.54, 1.807) is 13.2 Å². The molecule has 0 aliphatic heterocycles. The lowest BCUT2D eigenvalue weighted by Gasteiger charge is -2.14. The van der Waals surface area contributed by atoms with Crippen LogP contribution in [0.1, 0.15) is 30.3 Å². The summed E-state index contributed by atoms with van der Waals surface area (Å²) in [6.07, 6.45) is 3.51. The number of nitrogens with one attached hydrogen (secondary N) is 1. The van der Waals surface area contributed by atoms with E-state index in [0.717, 1.165) is 0 Å². The fourth-order valence-corrected chi connectivity index (χ4v) is 1.89. The summed E-state index contributed by atoms with van der Waals surface area (Å²) in [6, 6.07) is -0.450. The van der Waals surface area contributed by atoms with E-state index >= 15 is 0 Å². The molecule has 0 aliphatic rings. The molecule has 6 nitrogen and oxygen atoms in total. The number of aliphatic carboxylic acids is 1. The summed E-state index contributed by atoms with van der Waals surface area (Å²) in [5.41, 5.74) is 0.0601. The van der Waals surface area contributed by atoms with Gasteiger partial charge in [0.15, 0.2) is 10.9 Å². The van der Waals surface area contributed by atoms with E-state index in [9.17, 15) is 9.59 Å². The summed E-state index contributed by atoms with van der Waals surface area (Å²) < 4.78 is 0. The Morgan fingerprint density at radius 3 is 2.79 bits per heavy atom. The molecule has 1 rings (SSSR count). The Bertz CT molecular complexity index is 484. The van der Waals surface area contributed by atoms with Gasteiger partial charge in [0.2, 0.25) is 0 Å². The Hall–Kier alpha value is -1.34. The fourth-order valence-electron chi connectivity index (χ4n) is 1.37. The average Bonchev–Trinajstić information content (AvgIpc) is 2.37. The van der Waals surface area contributed by atoms with E-state index in [2.05, 4.69) is 15.3 Å². The van der Waals surface area contributed by atoms with Crippen LogP contribution in [0.3, 0.4) is 0 Å². The smallest absolute Gasteiger partial charge is 0.305 e. The van der Waals surface area contributed by atoms with Gasteiger partial charge in [-0.3, -0.25) is 9.59 Å². The van der Waals surface area contributed by atoms with Crippen LogP contribution >= 0.6 is 23.4 Å². The maximum Gasteiger partial charge on any atom is 0.305 e. The average molecular weight is 304 g/mol. The third kappa shape index (κ3) is 4.68. The third-order valence-electron chi connectivity index (χ3n) is 2.37. The van der Waals surface area contributed by atoms with Crippen LogP contribution in [0, 0.1) is 0 Å². The highest BCUT2D eigenvalue weighted by atomic mass is 35.5. The first-order chi connectivity index (χ1) is 8.97. The summed E-state index contributed by atoms with van der Waals surface area (Å²) in [4.78, 5) is 30.6. The summed E-state index contributed by atoms with van der Waals surface area (Å²) in [5.74, 6) is -1.46. The van der Waals surface area contributed by atoms with Crippen molar-refractivity contribution < 1.29 is 14.7 Å². The van der Waals surface area contributed by atoms with Crippen LogP contribution in [0.2, 0.25) is 5.02 Å². The van der Waals surface area contributed by atoms with Crippen molar-refractivity contribution in [2.75, 3.05) is 6.26 Å². The van der Waals surface area contributed by atoms with E-state index in [1.165, 1.54) is 18.0 Å². The zero-order chi connectivity index (χ0) is 14.4. The second kappa shape index (κ2) is 7.30. The number of amides is 1. The molecule has 0 saturated carbocycles. The van der Waals surface area contributed by atoms with Crippen molar-refractivity contribution in [2.24, 2.45) is 0 Å². The number of aromatic nitrogens is 2. The number of rotatable bonds is 6. The van der Waals surface area contributed by atoms with E-state index in [0.29, 0.717) is 11.6 Å². The molecule has 1 unspecified atom stereocenters. The number of hydrogen-bond donors (Lipinski definition) is 2. The van der Waals surface area contributed by atoms with Crippen LogP contribution < -0.4 is 5.32 Å². The molecule has 0 saturated heterocycles. The predicted molar refractivity (Wildman–Crippen MR) is 72.6 cm³/mol. The third-order valence-corrected chi connectivity index (χ3v) is 3.21. The summed E-state index contributed by atoms with van der Waals surface area (Å²) >= 11 is 7.16. The van der Waals surface area contributed by atoms with E-state index in [-0.39, 0.29) is 17.1 Å². The molecule has 2 N–H and O–H groups in total. The molecule has 1 aromatic rings. The van der Waals surface area contributed by atoms with Crippen molar-refractivity contribution in [1.29, 1.82) is 0 Å². The lowest BCUT2D eigenvalue weighted by Crippen LogP contribution is -2.36. The Morgan fingerprint density at radius 1 is 1.58 bits per heavy atom. The van der Waals surface area contributed by atoms with Gasteiger partial charge in [-0.15, -0.1) is 0 Å². The first-order valence-electron chi connectivity index (χ1n) is 5.57. The number of carbonyl (C=O) groups excluding carboxylic acids is 1. The molecule has 0 radical (unpaired) electrons. The van der Waals surface area contributed by atoms with Gasteiger partial charge in [0.05, 0.1) is 17.6 Å². The van der Waals surface area contributed by atoms with Crippen LogP contribution in [0.5, 0.6) is 0 Å². The van der Waals surface area contributed by atoms with Crippen molar-refractivity contribution in [2.45, 2.75) is 31.0 Å². The lowest BCUT2D eigenvalue weighted by molar-refractivity contribution is -0.137. The predicted octanol–water partition coefficient (Wildman–Crippen LogP) is 1.83. The number of thioether (sulfide) groups is 1. The summed E-state index contributed by atoms with van der Waals surface area (Å²) in [6.45, 7) is 1.79. The number of nitrogens with zero attached hydrogens (tertiary/aromatic N) is 2. The Kier molecular flexibility index (Phi) is 6.04. The van der Waals surface area contributed by atoms with Crippen LogP contribution in [0.25, 0.3) is 0 Å². The molecule has 0 aromatic carbocycles. The van der Waals surface area contributed by atoms with Gasteiger partial charge < -0.3 is 10.4 Å². The van der Waals surface area contributed by atoms with Gasteiger partial charge in [-0.2, -0.15) is 0 Å². The number of hydrogen-bond acceptors (Lipinski definition) is 5. The topological polar surface area (TPSA) is 92.2 Å². The zero-order valence-electron chi connectivity index (χ0n) is 10.5. The Balaban J connectivity index is 2.84. The molecule has 8 heteroatoms. The van der Waals surface area contributed by atoms with Crippen molar-refractivity contribution in [1.82, 2.24) is 15.3 Å². The highest BCUT2D eigenvalue weighted by Crippen LogP contribution is 2.16. The standard InChI is InChI=1S/C11H14ClN3O3S/c1-3-6(4-8(16)17)14-10(18)9-7(12)5-13-11(15-9)19-2/h5-6H,3-4H2,1-2H3,(H,14,18)(H,16,17). The summed E-state index contributed by atoms with van der Waals surface area (Å²) in [5, 5.41) is 11.9. The minimum atomic E-state index is -0.967. The molecule has 0 fully saturated rings. The normalized spacial score (nSPS) is 11.9. The first kappa shape index (κ1) is 15.7. The number of carboxylic acid groups (broad SMARTS) is 1. The molecule has 1 heterocycles. The van der Waals surface area contributed by atoms with Crippen LogP contribution in [0.4, 0.5) is 0 Å². The maximum absolute atomic E-state index is 12.0. The fraction of sp³-hybridized carbons (Fsp3) is 0.455. The van der Waals surface area contributed by atoms with Gasteiger partial charge in [-0.25, -0.2) is 9.97 Å². The molecule has 1 aromatic heterocycles.